The summed E-state index contributed by atoms with van der Waals surface area (Å²) in [5.41, 5.74) is 0.391. The fourth-order valence-corrected chi connectivity index (χ4v) is 1.80. The average Bonchev–Trinajstić information content (AvgIpc) is 2.75. The topological polar surface area (TPSA) is 72.3 Å². The van der Waals surface area contributed by atoms with Crippen molar-refractivity contribution in [2.24, 2.45) is 0 Å². The molecule has 0 spiro atoms. The molecule has 0 aliphatic rings. The Kier molecular flexibility index (Phi) is 3.39. The highest BCUT2D eigenvalue weighted by atomic mass is 32.1. The van der Waals surface area contributed by atoms with E-state index in [1.807, 2.05) is 0 Å². The van der Waals surface area contributed by atoms with Gasteiger partial charge < -0.3 is 9.84 Å². The van der Waals surface area contributed by atoms with Gasteiger partial charge in [0, 0.05) is 11.4 Å². The first-order valence-corrected chi connectivity index (χ1v) is 5.56. The number of pyridine rings is 1. The molecule has 17 heavy (non-hydrogen) atoms. The number of aromatic carboxylic acids is 1. The third-order valence-corrected chi connectivity index (χ3v) is 2.68. The van der Waals surface area contributed by atoms with Gasteiger partial charge >= 0.3 is 5.97 Å². The van der Waals surface area contributed by atoms with Gasteiger partial charge in [0.15, 0.2) is 5.69 Å². The van der Waals surface area contributed by atoms with E-state index in [1.165, 1.54) is 16.7 Å². The minimum absolute atomic E-state index is 0.0223. The number of hydrogen-bond donors (Lipinski definition) is 1. The molecule has 2 aromatic rings. The van der Waals surface area contributed by atoms with E-state index in [2.05, 4.69) is 9.97 Å². The fraction of sp³-hybridized carbons (Fsp3) is 0.100. The Morgan fingerprint density at radius 3 is 2.94 bits per heavy atom. The number of thiazole rings is 1. The van der Waals surface area contributed by atoms with Gasteiger partial charge in [-0.1, -0.05) is 12.1 Å². The van der Waals surface area contributed by atoms with Crippen molar-refractivity contribution in [1.29, 1.82) is 0 Å². The monoisotopic (exact) mass is 246 g/mol. The van der Waals surface area contributed by atoms with Crippen LogP contribution in [0.5, 0.6) is 5.88 Å². The lowest BCUT2D eigenvalue weighted by atomic mass is 10.0. The summed E-state index contributed by atoms with van der Waals surface area (Å²) in [4.78, 5) is 18.4. The molecule has 2 heterocycles. The molecule has 0 unspecified atom stereocenters. The van der Waals surface area contributed by atoms with E-state index in [0.717, 1.165) is 0 Å². The smallest absolute Gasteiger partial charge is 0.355 e. The number of carboxylic acids is 1. The van der Waals surface area contributed by atoms with Gasteiger partial charge in [-0.05, 0) is 5.59 Å². The van der Waals surface area contributed by atoms with Crippen LogP contribution in [-0.4, -0.2) is 28.9 Å². The van der Waals surface area contributed by atoms with Crippen molar-refractivity contribution in [3.8, 4) is 5.88 Å². The minimum atomic E-state index is -1.05. The third-order valence-electron chi connectivity index (χ3n) is 1.86. The first-order chi connectivity index (χ1) is 8.15. The maximum Gasteiger partial charge on any atom is 0.355 e. The van der Waals surface area contributed by atoms with Gasteiger partial charge in [0.25, 0.3) is 0 Å². The van der Waals surface area contributed by atoms with Crippen LogP contribution in [-0.2, 0) is 6.61 Å². The number of rotatable bonds is 4. The minimum Gasteiger partial charge on any atom is -0.476 e. The van der Waals surface area contributed by atoms with Crippen molar-refractivity contribution in [2.45, 2.75) is 6.61 Å². The van der Waals surface area contributed by atoms with Crippen LogP contribution in [0.2, 0.25) is 0 Å². The molecule has 1 N–H and O–H groups in total. The SMILES string of the molecule is [B]c1cccc(OCc2nc(C(=O)O)cs2)n1. The van der Waals surface area contributed by atoms with Crippen molar-refractivity contribution in [1.82, 2.24) is 9.97 Å². The maximum atomic E-state index is 10.6. The number of carbonyl (C=O) groups is 1. The second-order valence-electron chi connectivity index (χ2n) is 3.12. The summed E-state index contributed by atoms with van der Waals surface area (Å²) < 4.78 is 5.33. The van der Waals surface area contributed by atoms with Crippen molar-refractivity contribution < 1.29 is 14.6 Å². The molecule has 0 amide bonds. The van der Waals surface area contributed by atoms with Gasteiger partial charge in [0.2, 0.25) is 5.88 Å². The summed E-state index contributed by atoms with van der Waals surface area (Å²) >= 11 is 1.23. The van der Waals surface area contributed by atoms with E-state index in [9.17, 15) is 4.79 Å². The Hall–Kier alpha value is -1.89. The molecule has 2 aromatic heterocycles. The Balaban J connectivity index is 2.00. The van der Waals surface area contributed by atoms with Crippen molar-refractivity contribution >= 4 is 30.7 Å². The number of hydrogen-bond acceptors (Lipinski definition) is 5. The van der Waals surface area contributed by atoms with Gasteiger partial charge in [0.1, 0.15) is 19.5 Å². The standard InChI is InChI=1S/C10H7BN2O3S/c11-7-2-1-3-8(13-7)16-4-9-12-6(5-17-9)10(14)15/h1-3,5H,4H2,(H,14,15). The highest BCUT2D eigenvalue weighted by molar-refractivity contribution is 7.09. The van der Waals surface area contributed by atoms with E-state index in [0.29, 0.717) is 16.5 Å². The molecule has 0 aliphatic heterocycles. The number of nitrogens with zero attached hydrogens (tertiary/aromatic N) is 2. The summed E-state index contributed by atoms with van der Waals surface area (Å²) in [5, 5.41) is 10.7. The van der Waals surface area contributed by atoms with Crippen LogP contribution in [0.25, 0.3) is 0 Å². The predicted molar refractivity (Wildman–Crippen MR) is 63.0 cm³/mol. The average molecular weight is 246 g/mol. The van der Waals surface area contributed by atoms with Gasteiger partial charge in [-0.25, -0.2) is 14.8 Å². The molecular formula is C10H7BN2O3S. The molecule has 84 valence electrons. The van der Waals surface area contributed by atoms with Crippen LogP contribution in [0.1, 0.15) is 15.5 Å². The largest absolute Gasteiger partial charge is 0.476 e. The van der Waals surface area contributed by atoms with Gasteiger partial charge in [-0.2, -0.15) is 0 Å². The fourth-order valence-electron chi connectivity index (χ4n) is 1.12. The zero-order valence-electron chi connectivity index (χ0n) is 8.66. The molecule has 2 radical (unpaired) electrons. The number of aromatic nitrogens is 2. The second kappa shape index (κ2) is 4.96. The predicted octanol–water partition coefficient (Wildman–Crippen LogP) is 0.609. The summed E-state index contributed by atoms with van der Waals surface area (Å²) in [6.45, 7) is 0.175. The first kappa shape index (κ1) is 11.6. The summed E-state index contributed by atoms with van der Waals surface area (Å²) in [6.07, 6.45) is 0. The second-order valence-corrected chi connectivity index (χ2v) is 4.06. The Morgan fingerprint density at radius 2 is 2.29 bits per heavy atom. The van der Waals surface area contributed by atoms with E-state index in [-0.39, 0.29) is 12.3 Å². The van der Waals surface area contributed by atoms with Gasteiger partial charge in [0.05, 0.1) is 0 Å². The van der Waals surface area contributed by atoms with Crippen LogP contribution >= 0.6 is 11.3 Å². The summed E-state index contributed by atoms with van der Waals surface area (Å²) in [6, 6.07) is 5.04. The molecular weight excluding hydrogens is 239 g/mol. The van der Waals surface area contributed by atoms with Gasteiger partial charge in [-0.15, -0.1) is 11.3 Å². The first-order valence-electron chi connectivity index (χ1n) is 4.68. The molecule has 0 bridgehead atoms. The molecule has 0 aliphatic carbocycles. The Labute approximate surface area is 103 Å². The quantitative estimate of drug-likeness (QED) is 0.800. The molecule has 0 fully saturated rings. The maximum absolute atomic E-state index is 10.6. The third kappa shape index (κ3) is 3.04. The van der Waals surface area contributed by atoms with E-state index in [4.69, 9.17) is 17.7 Å². The van der Waals surface area contributed by atoms with Crippen molar-refractivity contribution in [3.63, 3.8) is 0 Å². The summed E-state index contributed by atoms with van der Waals surface area (Å²) in [5.74, 6) is -0.661. The normalized spacial score (nSPS) is 10.1. The molecule has 2 rings (SSSR count). The highest BCUT2D eigenvalue weighted by Gasteiger charge is 2.08. The molecule has 0 atom stereocenters. The van der Waals surface area contributed by atoms with Crippen molar-refractivity contribution in [3.05, 3.63) is 34.3 Å². The number of carboxylic acid groups (broad SMARTS) is 1. The molecule has 0 aromatic carbocycles. The van der Waals surface area contributed by atoms with E-state index >= 15 is 0 Å². The lowest BCUT2D eigenvalue weighted by molar-refractivity contribution is 0.0691. The zero-order chi connectivity index (χ0) is 12.3. The Morgan fingerprint density at radius 1 is 1.47 bits per heavy atom. The van der Waals surface area contributed by atoms with Crippen molar-refractivity contribution in [2.75, 3.05) is 0 Å². The van der Waals surface area contributed by atoms with Crippen LogP contribution in [0, 0.1) is 0 Å². The van der Waals surface area contributed by atoms with E-state index in [1.54, 1.807) is 18.2 Å². The lowest BCUT2D eigenvalue weighted by Crippen LogP contribution is -2.09. The van der Waals surface area contributed by atoms with E-state index < -0.39 is 5.97 Å². The lowest BCUT2D eigenvalue weighted by Gasteiger charge is -2.03. The molecule has 5 nitrogen and oxygen atoms in total. The molecule has 0 saturated heterocycles. The highest BCUT2D eigenvalue weighted by Crippen LogP contribution is 2.12. The number of ether oxygens (including phenoxy) is 1. The van der Waals surface area contributed by atoms with Crippen LogP contribution in [0.15, 0.2) is 23.6 Å². The van der Waals surface area contributed by atoms with Crippen LogP contribution in [0.4, 0.5) is 0 Å². The van der Waals surface area contributed by atoms with Gasteiger partial charge in [-0.3, -0.25) is 0 Å². The zero-order valence-corrected chi connectivity index (χ0v) is 9.48. The molecule has 0 saturated carbocycles. The molecule has 7 heteroatoms. The van der Waals surface area contributed by atoms with Crippen LogP contribution < -0.4 is 10.3 Å². The Bertz CT molecular complexity index is 544. The van der Waals surface area contributed by atoms with Crippen LogP contribution in [0.3, 0.4) is 0 Å². The summed E-state index contributed by atoms with van der Waals surface area (Å²) in [7, 11) is 5.49.